The zero-order valence-electron chi connectivity index (χ0n) is 10.5. The van der Waals surface area contributed by atoms with E-state index in [2.05, 4.69) is 0 Å². The van der Waals surface area contributed by atoms with Crippen LogP contribution in [0.3, 0.4) is 0 Å². The molecular formula is C15H18O3. The summed E-state index contributed by atoms with van der Waals surface area (Å²) in [6.07, 6.45) is 5.42. The fourth-order valence-electron chi connectivity index (χ4n) is 1.93. The van der Waals surface area contributed by atoms with Gasteiger partial charge in [-0.3, -0.25) is 4.79 Å². The predicted molar refractivity (Wildman–Crippen MR) is 68.6 cm³/mol. The number of allylic oxidation sites excluding steroid dienone is 1. The molecule has 1 heterocycles. The second kappa shape index (κ2) is 6.24. The first kappa shape index (κ1) is 12.7. The van der Waals surface area contributed by atoms with Gasteiger partial charge < -0.3 is 9.47 Å². The van der Waals surface area contributed by atoms with Crippen molar-refractivity contribution in [3.8, 4) is 0 Å². The Bertz CT molecular complexity index is 411. The maximum Gasteiger partial charge on any atom is 0.312 e. The van der Waals surface area contributed by atoms with Crippen LogP contribution in [0, 0.1) is 5.92 Å². The quantitative estimate of drug-likeness (QED) is 0.766. The maximum atomic E-state index is 11.9. The number of hydrogen-bond acceptors (Lipinski definition) is 3. The second-order valence-corrected chi connectivity index (χ2v) is 4.51. The third-order valence-electron chi connectivity index (χ3n) is 3.12. The van der Waals surface area contributed by atoms with Crippen molar-refractivity contribution >= 4 is 5.97 Å². The molecule has 0 aliphatic carbocycles. The molecule has 0 saturated heterocycles. The number of carbonyl (C=O) groups is 1. The first-order chi connectivity index (χ1) is 8.77. The Morgan fingerprint density at radius 2 is 2.22 bits per heavy atom. The van der Waals surface area contributed by atoms with Gasteiger partial charge in [-0.1, -0.05) is 30.3 Å². The standard InChI is InChI=1S/C15H18O3/c1-12(14-9-5-6-10-17-14)15(16)18-11-13-7-3-2-4-8-13/h2-4,6-8,10,12,14H,5,9,11H2,1H3/t12-,14+/m1/s1. The summed E-state index contributed by atoms with van der Waals surface area (Å²) < 4.78 is 10.7. The van der Waals surface area contributed by atoms with Gasteiger partial charge in [-0.2, -0.15) is 0 Å². The van der Waals surface area contributed by atoms with E-state index >= 15 is 0 Å². The smallest absolute Gasteiger partial charge is 0.312 e. The van der Waals surface area contributed by atoms with Crippen LogP contribution < -0.4 is 0 Å². The Kier molecular flexibility index (Phi) is 4.40. The minimum absolute atomic E-state index is 0.0572. The van der Waals surface area contributed by atoms with Gasteiger partial charge in [0.15, 0.2) is 0 Å². The van der Waals surface area contributed by atoms with E-state index < -0.39 is 0 Å². The Morgan fingerprint density at radius 1 is 1.44 bits per heavy atom. The summed E-state index contributed by atoms with van der Waals surface area (Å²) in [5.41, 5.74) is 1.00. The highest BCUT2D eigenvalue weighted by molar-refractivity contribution is 5.72. The van der Waals surface area contributed by atoms with E-state index in [-0.39, 0.29) is 18.0 Å². The summed E-state index contributed by atoms with van der Waals surface area (Å²) in [7, 11) is 0. The minimum Gasteiger partial charge on any atom is -0.497 e. The van der Waals surface area contributed by atoms with Crippen molar-refractivity contribution in [1.82, 2.24) is 0 Å². The summed E-state index contributed by atoms with van der Waals surface area (Å²) in [6, 6.07) is 9.69. The molecule has 0 saturated carbocycles. The molecule has 0 fully saturated rings. The highest BCUT2D eigenvalue weighted by atomic mass is 16.5. The number of ether oxygens (including phenoxy) is 2. The number of esters is 1. The van der Waals surface area contributed by atoms with Crippen LogP contribution in [-0.4, -0.2) is 12.1 Å². The Hall–Kier alpha value is -1.77. The fourth-order valence-corrected chi connectivity index (χ4v) is 1.93. The van der Waals surface area contributed by atoms with Crippen molar-refractivity contribution < 1.29 is 14.3 Å². The largest absolute Gasteiger partial charge is 0.497 e. The van der Waals surface area contributed by atoms with E-state index in [0.717, 1.165) is 18.4 Å². The van der Waals surface area contributed by atoms with Crippen LogP contribution in [0.1, 0.15) is 25.3 Å². The highest BCUT2D eigenvalue weighted by Crippen LogP contribution is 2.20. The van der Waals surface area contributed by atoms with Crippen molar-refractivity contribution in [2.75, 3.05) is 0 Å². The van der Waals surface area contributed by atoms with E-state index in [1.165, 1.54) is 0 Å². The average molecular weight is 246 g/mol. The molecule has 0 amide bonds. The molecule has 2 atom stereocenters. The van der Waals surface area contributed by atoms with E-state index in [1.807, 2.05) is 43.3 Å². The van der Waals surface area contributed by atoms with E-state index in [1.54, 1.807) is 6.26 Å². The van der Waals surface area contributed by atoms with Gasteiger partial charge in [-0.05, 0) is 31.4 Å². The van der Waals surface area contributed by atoms with Crippen LogP contribution in [0.25, 0.3) is 0 Å². The third-order valence-corrected chi connectivity index (χ3v) is 3.12. The zero-order chi connectivity index (χ0) is 12.8. The lowest BCUT2D eigenvalue weighted by Crippen LogP contribution is -2.29. The molecule has 0 bridgehead atoms. The zero-order valence-corrected chi connectivity index (χ0v) is 10.5. The molecule has 1 aromatic rings. The lowest BCUT2D eigenvalue weighted by Gasteiger charge is -2.24. The third kappa shape index (κ3) is 3.36. The molecule has 0 unspecified atom stereocenters. The predicted octanol–water partition coefficient (Wildman–Crippen LogP) is 3.06. The molecule has 0 N–H and O–H groups in total. The molecule has 2 rings (SSSR count). The van der Waals surface area contributed by atoms with Crippen LogP contribution >= 0.6 is 0 Å². The van der Waals surface area contributed by atoms with Crippen molar-refractivity contribution in [2.45, 2.75) is 32.5 Å². The maximum absolute atomic E-state index is 11.9. The molecule has 18 heavy (non-hydrogen) atoms. The molecule has 96 valence electrons. The molecular weight excluding hydrogens is 228 g/mol. The van der Waals surface area contributed by atoms with Gasteiger partial charge in [-0.15, -0.1) is 0 Å². The van der Waals surface area contributed by atoms with Crippen molar-refractivity contribution in [2.24, 2.45) is 5.92 Å². The van der Waals surface area contributed by atoms with Crippen molar-refractivity contribution in [1.29, 1.82) is 0 Å². The summed E-state index contributed by atoms with van der Waals surface area (Å²) in [5.74, 6) is -0.419. The number of hydrogen-bond donors (Lipinski definition) is 0. The summed E-state index contributed by atoms with van der Waals surface area (Å²) >= 11 is 0. The van der Waals surface area contributed by atoms with Gasteiger partial charge in [0.2, 0.25) is 0 Å². The number of benzene rings is 1. The molecule has 1 aromatic carbocycles. The minimum atomic E-state index is -0.223. The number of rotatable bonds is 4. The molecule has 3 nitrogen and oxygen atoms in total. The molecule has 1 aliphatic rings. The van der Waals surface area contributed by atoms with Crippen LogP contribution in [0.4, 0.5) is 0 Å². The van der Waals surface area contributed by atoms with Crippen LogP contribution in [0.5, 0.6) is 0 Å². The van der Waals surface area contributed by atoms with Crippen LogP contribution in [0.15, 0.2) is 42.7 Å². The Labute approximate surface area is 107 Å². The Balaban J connectivity index is 1.82. The summed E-state index contributed by atoms with van der Waals surface area (Å²) in [6.45, 7) is 2.18. The van der Waals surface area contributed by atoms with Crippen molar-refractivity contribution in [3.63, 3.8) is 0 Å². The first-order valence-corrected chi connectivity index (χ1v) is 6.28. The molecule has 3 heteroatoms. The lowest BCUT2D eigenvalue weighted by atomic mass is 9.99. The summed E-state index contributed by atoms with van der Waals surface area (Å²) in [5, 5.41) is 0. The lowest BCUT2D eigenvalue weighted by molar-refractivity contribution is -0.153. The van der Waals surface area contributed by atoms with Crippen LogP contribution in [-0.2, 0) is 20.9 Å². The van der Waals surface area contributed by atoms with Gasteiger partial charge in [0.05, 0.1) is 12.2 Å². The average Bonchev–Trinajstić information content (AvgIpc) is 2.46. The first-order valence-electron chi connectivity index (χ1n) is 6.28. The van der Waals surface area contributed by atoms with Gasteiger partial charge in [0.1, 0.15) is 12.7 Å². The topological polar surface area (TPSA) is 35.5 Å². The van der Waals surface area contributed by atoms with Gasteiger partial charge in [-0.25, -0.2) is 0 Å². The monoisotopic (exact) mass is 246 g/mol. The van der Waals surface area contributed by atoms with Crippen molar-refractivity contribution in [3.05, 3.63) is 48.2 Å². The van der Waals surface area contributed by atoms with E-state index in [9.17, 15) is 4.79 Å². The SMILES string of the molecule is C[C@@H](C(=O)OCc1ccccc1)[C@@H]1CCC=CO1. The Morgan fingerprint density at radius 3 is 2.89 bits per heavy atom. The normalized spacial score (nSPS) is 19.9. The highest BCUT2D eigenvalue weighted by Gasteiger charge is 2.26. The van der Waals surface area contributed by atoms with E-state index in [4.69, 9.17) is 9.47 Å². The summed E-state index contributed by atoms with van der Waals surface area (Å²) in [4.78, 5) is 11.9. The fraction of sp³-hybridized carbons (Fsp3) is 0.400. The van der Waals surface area contributed by atoms with Gasteiger partial charge >= 0.3 is 5.97 Å². The number of carbonyl (C=O) groups excluding carboxylic acids is 1. The van der Waals surface area contributed by atoms with Crippen LogP contribution in [0.2, 0.25) is 0 Å². The second-order valence-electron chi connectivity index (χ2n) is 4.51. The van der Waals surface area contributed by atoms with Gasteiger partial charge in [0.25, 0.3) is 0 Å². The molecule has 0 spiro atoms. The molecule has 0 radical (unpaired) electrons. The van der Waals surface area contributed by atoms with E-state index in [0.29, 0.717) is 6.61 Å². The molecule has 0 aromatic heterocycles. The van der Waals surface area contributed by atoms with Gasteiger partial charge in [0, 0.05) is 0 Å². The molecule has 1 aliphatic heterocycles.